The number of fused-ring (bicyclic) bond motifs is 1. The van der Waals surface area contributed by atoms with E-state index in [-0.39, 0.29) is 30.0 Å². The van der Waals surface area contributed by atoms with Gasteiger partial charge in [0.15, 0.2) is 0 Å². The second-order valence-electron chi connectivity index (χ2n) is 6.11. The van der Waals surface area contributed by atoms with Gasteiger partial charge in [-0.2, -0.15) is 0 Å². The topological polar surface area (TPSA) is 89.3 Å². The van der Waals surface area contributed by atoms with Crippen LogP contribution in [0.4, 0.5) is 0 Å². The third-order valence-corrected chi connectivity index (χ3v) is 5.62. The van der Waals surface area contributed by atoms with E-state index in [0.717, 1.165) is 36.1 Å². The summed E-state index contributed by atoms with van der Waals surface area (Å²) in [6.45, 7) is 1.72. The van der Waals surface area contributed by atoms with Crippen LogP contribution in [0.15, 0.2) is 30.0 Å². The molecule has 2 aliphatic heterocycles. The molecule has 0 unspecified atom stereocenters. The Labute approximate surface area is 143 Å². The first-order valence-corrected chi connectivity index (χ1v) is 8.86. The van der Waals surface area contributed by atoms with Gasteiger partial charge in [-0.25, -0.2) is 4.98 Å². The molecule has 0 atom stereocenters. The molecule has 4 rings (SSSR count). The van der Waals surface area contributed by atoms with Crippen molar-refractivity contribution in [2.24, 2.45) is 5.92 Å². The lowest BCUT2D eigenvalue weighted by Gasteiger charge is -2.26. The molecular formula is C17H18N4O2S. The monoisotopic (exact) mass is 342 g/mol. The van der Waals surface area contributed by atoms with Gasteiger partial charge in [-0.1, -0.05) is 12.1 Å². The summed E-state index contributed by atoms with van der Waals surface area (Å²) in [6, 6.07) is 7.71. The standard InChI is InChI=1S/C17H18N4O2S/c18-15-14(16-20-11-3-1-2-4-13(11)24-16)12(22)9-21(15)17(23)10-5-7-19-8-6-10/h1-4,10,18-19,22H,5-9H2. The highest BCUT2D eigenvalue weighted by atomic mass is 32.1. The maximum Gasteiger partial charge on any atom is 0.231 e. The zero-order valence-electron chi connectivity index (χ0n) is 13.1. The van der Waals surface area contributed by atoms with E-state index in [0.29, 0.717) is 10.6 Å². The molecule has 124 valence electrons. The molecule has 2 aliphatic rings. The number of nitrogens with zero attached hydrogens (tertiary/aromatic N) is 2. The smallest absolute Gasteiger partial charge is 0.231 e. The number of carbonyl (C=O) groups excluding carboxylic acids is 1. The van der Waals surface area contributed by atoms with Gasteiger partial charge in [-0.15, -0.1) is 11.3 Å². The van der Waals surface area contributed by atoms with Gasteiger partial charge in [0.1, 0.15) is 16.6 Å². The maximum absolute atomic E-state index is 12.7. The molecule has 1 fully saturated rings. The first-order chi connectivity index (χ1) is 11.6. The zero-order chi connectivity index (χ0) is 16.7. The van der Waals surface area contributed by atoms with Gasteiger partial charge in [0, 0.05) is 5.92 Å². The van der Waals surface area contributed by atoms with Crippen LogP contribution in [-0.4, -0.2) is 46.4 Å². The van der Waals surface area contributed by atoms with Gasteiger partial charge in [-0.05, 0) is 38.1 Å². The number of aliphatic hydroxyl groups excluding tert-OH is 1. The second kappa shape index (κ2) is 5.99. The molecule has 0 spiro atoms. The molecule has 1 amide bonds. The van der Waals surface area contributed by atoms with E-state index in [9.17, 15) is 9.90 Å². The normalized spacial score (nSPS) is 19.5. The highest BCUT2D eigenvalue weighted by molar-refractivity contribution is 7.19. The molecule has 6 nitrogen and oxygen atoms in total. The fourth-order valence-corrected chi connectivity index (χ4v) is 4.29. The lowest BCUT2D eigenvalue weighted by atomic mass is 9.96. The molecule has 0 aliphatic carbocycles. The molecule has 0 saturated carbocycles. The Balaban J connectivity index is 1.61. The SMILES string of the molecule is N=C1C(c2nc3ccccc3s2)=C(O)CN1C(=O)C1CCNCC1. The Morgan fingerprint density at radius 3 is 2.83 bits per heavy atom. The fraction of sp³-hybridized carbons (Fsp3) is 0.353. The summed E-state index contributed by atoms with van der Waals surface area (Å²) in [5, 5.41) is 22.6. The van der Waals surface area contributed by atoms with Crippen molar-refractivity contribution in [2.45, 2.75) is 12.8 Å². The minimum Gasteiger partial charge on any atom is -0.510 e. The number of thiazole rings is 1. The lowest BCUT2D eigenvalue weighted by Crippen LogP contribution is -2.42. The van der Waals surface area contributed by atoms with Crippen molar-refractivity contribution in [1.29, 1.82) is 5.41 Å². The first-order valence-electron chi connectivity index (χ1n) is 8.04. The maximum atomic E-state index is 12.7. The number of aromatic nitrogens is 1. The van der Waals surface area contributed by atoms with Crippen LogP contribution >= 0.6 is 11.3 Å². The Morgan fingerprint density at radius 1 is 1.33 bits per heavy atom. The van der Waals surface area contributed by atoms with Crippen LogP contribution in [0.3, 0.4) is 0 Å². The number of carbonyl (C=O) groups is 1. The molecular weight excluding hydrogens is 324 g/mol. The Kier molecular flexibility index (Phi) is 3.82. The molecule has 0 radical (unpaired) electrons. The minimum atomic E-state index is -0.0749. The molecule has 7 heteroatoms. The highest BCUT2D eigenvalue weighted by Gasteiger charge is 2.37. The number of nitrogens with one attached hydrogen (secondary N) is 2. The summed E-state index contributed by atoms with van der Waals surface area (Å²) in [6.07, 6.45) is 1.56. The van der Waals surface area contributed by atoms with Crippen LogP contribution in [0.1, 0.15) is 17.8 Å². The number of aliphatic hydroxyl groups is 1. The van der Waals surface area contributed by atoms with Gasteiger partial charge in [0.2, 0.25) is 5.91 Å². The Bertz CT molecular complexity index is 818. The minimum absolute atomic E-state index is 0.0568. The number of rotatable bonds is 2. The van der Waals surface area contributed by atoms with E-state index >= 15 is 0 Å². The number of amidine groups is 1. The van der Waals surface area contributed by atoms with Gasteiger partial charge in [-0.3, -0.25) is 15.1 Å². The molecule has 2 aromatic rings. The summed E-state index contributed by atoms with van der Waals surface area (Å²) in [5.74, 6) is -0.0188. The average Bonchev–Trinajstić information content (AvgIpc) is 3.15. The molecule has 3 N–H and O–H groups in total. The number of benzene rings is 1. The average molecular weight is 342 g/mol. The third-order valence-electron chi connectivity index (χ3n) is 4.57. The van der Waals surface area contributed by atoms with Gasteiger partial charge < -0.3 is 10.4 Å². The Morgan fingerprint density at radius 2 is 2.08 bits per heavy atom. The van der Waals surface area contributed by atoms with Crippen molar-refractivity contribution in [3.8, 4) is 0 Å². The van der Waals surface area contributed by atoms with Gasteiger partial charge >= 0.3 is 0 Å². The van der Waals surface area contributed by atoms with E-state index in [1.807, 2.05) is 24.3 Å². The summed E-state index contributed by atoms with van der Waals surface area (Å²) < 4.78 is 1.00. The molecule has 3 heterocycles. The largest absolute Gasteiger partial charge is 0.510 e. The quantitative estimate of drug-likeness (QED) is 0.782. The summed E-state index contributed by atoms with van der Waals surface area (Å²) >= 11 is 1.43. The van der Waals surface area contributed by atoms with Crippen molar-refractivity contribution >= 4 is 38.9 Å². The van der Waals surface area contributed by atoms with Crippen molar-refractivity contribution in [1.82, 2.24) is 15.2 Å². The predicted octanol–water partition coefficient (Wildman–Crippen LogP) is 2.38. The molecule has 1 saturated heterocycles. The van der Waals surface area contributed by atoms with E-state index in [4.69, 9.17) is 5.41 Å². The van der Waals surface area contributed by atoms with Crippen LogP contribution in [0.2, 0.25) is 0 Å². The molecule has 1 aromatic heterocycles. The highest BCUT2D eigenvalue weighted by Crippen LogP contribution is 2.34. The number of para-hydroxylation sites is 1. The lowest BCUT2D eigenvalue weighted by molar-refractivity contribution is -0.132. The fourth-order valence-electron chi connectivity index (χ4n) is 3.26. The zero-order valence-corrected chi connectivity index (χ0v) is 13.9. The van der Waals surface area contributed by atoms with Crippen molar-refractivity contribution < 1.29 is 9.90 Å². The number of amides is 1. The molecule has 1 aromatic carbocycles. The van der Waals surface area contributed by atoms with Crippen LogP contribution in [0, 0.1) is 11.3 Å². The van der Waals surface area contributed by atoms with Crippen molar-refractivity contribution in [3.63, 3.8) is 0 Å². The molecule has 0 bridgehead atoms. The molecule has 24 heavy (non-hydrogen) atoms. The number of piperidine rings is 1. The Hall–Kier alpha value is -2.25. The first kappa shape index (κ1) is 15.3. The van der Waals surface area contributed by atoms with Crippen LogP contribution in [-0.2, 0) is 4.79 Å². The van der Waals surface area contributed by atoms with Gasteiger partial charge in [0.25, 0.3) is 0 Å². The number of hydrogen-bond acceptors (Lipinski definition) is 6. The number of hydrogen-bond donors (Lipinski definition) is 3. The second-order valence-corrected chi connectivity index (χ2v) is 7.14. The van der Waals surface area contributed by atoms with E-state index in [1.54, 1.807) is 0 Å². The van der Waals surface area contributed by atoms with Crippen LogP contribution in [0.5, 0.6) is 0 Å². The third kappa shape index (κ3) is 2.50. The predicted molar refractivity (Wildman–Crippen MR) is 94.2 cm³/mol. The van der Waals surface area contributed by atoms with E-state index in [1.165, 1.54) is 16.2 Å². The van der Waals surface area contributed by atoms with Crippen LogP contribution in [0.25, 0.3) is 15.8 Å². The summed E-state index contributed by atoms with van der Waals surface area (Å²) in [4.78, 5) is 18.6. The van der Waals surface area contributed by atoms with E-state index < -0.39 is 0 Å². The van der Waals surface area contributed by atoms with E-state index in [2.05, 4.69) is 10.3 Å². The van der Waals surface area contributed by atoms with Gasteiger partial charge in [0.05, 0.1) is 22.3 Å². The summed E-state index contributed by atoms with van der Waals surface area (Å²) in [5.41, 5.74) is 1.23. The van der Waals surface area contributed by atoms with Crippen LogP contribution < -0.4 is 5.32 Å². The van der Waals surface area contributed by atoms with Crippen molar-refractivity contribution in [2.75, 3.05) is 19.6 Å². The van der Waals surface area contributed by atoms with Crippen molar-refractivity contribution in [3.05, 3.63) is 35.0 Å². The summed E-state index contributed by atoms with van der Waals surface area (Å²) in [7, 11) is 0.